The minimum absolute atomic E-state index is 0.299. The number of hydrogen-bond acceptors (Lipinski definition) is 8. The van der Waals surface area contributed by atoms with Crippen LogP contribution in [0.5, 0.6) is 5.75 Å². The van der Waals surface area contributed by atoms with Gasteiger partial charge in [-0.1, -0.05) is 17.7 Å². The third kappa shape index (κ3) is 6.27. The first kappa shape index (κ1) is 27.0. The summed E-state index contributed by atoms with van der Waals surface area (Å²) in [4.78, 5) is 50.6. The van der Waals surface area contributed by atoms with Gasteiger partial charge in [0.1, 0.15) is 10.8 Å². The minimum atomic E-state index is -0.987. The van der Waals surface area contributed by atoms with E-state index in [-0.39, 0.29) is 0 Å². The van der Waals surface area contributed by atoms with Crippen LogP contribution in [-0.4, -0.2) is 36.6 Å². The van der Waals surface area contributed by atoms with Crippen molar-refractivity contribution in [1.82, 2.24) is 5.43 Å². The van der Waals surface area contributed by atoms with Crippen LogP contribution < -0.4 is 15.5 Å². The van der Waals surface area contributed by atoms with Gasteiger partial charge >= 0.3 is 23.8 Å². The fourth-order valence-corrected chi connectivity index (χ4v) is 5.39. The molecule has 2 aromatic carbocycles. The van der Waals surface area contributed by atoms with Crippen LogP contribution in [0.4, 0.5) is 5.00 Å². The number of benzene rings is 2. The molecule has 4 rings (SSSR count). The van der Waals surface area contributed by atoms with Crippen molar-refractivity contribution >= 4 is 57.4 Å². The molecule has 0 atom stereocenters. The molecular formula is C27H24ClN3O6S. The summed E-state index contributed by atoms with van der Waals surface area (Å²) in [7, 11) is 1.28. The normalized spacial score (nSPS) is 12.8. The molecule has 0 saturated heterocycles. The highest BCUT2D eigenvalue weighted by Gasteiger charge is 2.28. The Hall–Kier alpha value is -4.02. The van der Waals surface area contributed by atoms with Gasteiger partial charge in [-0.2, -0.15) is 5.10 Å². The standard InChI is InChI=1S/C27H24ClN3O6S/c1-15(16-10-12-19(13-11-16)37-26(34)17-6-5-7-18(28)14-17)30-31-24(33)23(32)29-25-22(27(35)36-2)20-8-3-4-9-21(20)38-25/h5-7,10-14H,3-4,8-9H2,1-2H3,(H,29,32)(H,31,33)/b30-15+. The molecule has 0 spiro atoms. The third-order valence-corrected chi connectivity index (χ3v) is 7.30. The Balaban J connectivity index is 1.37. The zero-order valence-corrected chi connectivity index (χ0v) is 22.2. The van der Waals surface area contributed by atoms with E-state index in [0.29, 0.717) is 38.2 Å². The van der Waals surface area contributed by atoms with Crippen LogP contribution in [0.3, 0.4) is 0 Å². The van der Waals surface area contributed by atoms with Crippen molar-refractivity contribution in [2.75, 3.05) is 12.4 Å². The van der Waals surface area contributed by atoms with Crippen LogP contribution in [0.2, 0.25) is 5.02 Å². The van der Waals surface area contributed by atoms with Gasteiger partial charge in [0.15, 0.2) is 0 Å². The average Bonchev–Trinajstić information content (AvgIpc) is 3.29. The maximum absolute atomic E-state index is 12.5. The van der Waals surface area contributed by atoms with E-state index in [1.807, 2.05) is 0 Å². The number of carbonyl (C=O) groups is 4. The van der Waals surface area contributed by atoms with Gasteiger partial charge in [0.05, 0.1) is 23.9 Å². The number of esters is 2. The van der Waals surface area contributed by atoms with Crippen LogP contribution in [-0.2, 0) is 27.2 Å². The van der Waals surface area contributed by atoms with Gasteiger partial charge < -0.3 is 14.8 Å². The summed E-state index contributed by atoms with van der Waals surface area (Å²) in [5.41, 5.74) is 4.78. The van der Waals surface area contributed by atoms with Crippen molar-refractivity contribution in [3.05, 3.63) is 80.7 Å². The topological polar surface area (TPSA) is 123 Å². The molecular weight excluding hydrogens is 530 g/mol. The Bertz CT molecular complexity index is 1430. The van der Waals surface area contributed by atoms with E-state index in [2.05, 4.69) is 15.8 Å². The van der Waals surface area contributed by atoms with Gasteiger partial charge in [-0.25, -0.2) is 15.0 Å². The van der Waals surface area contributed by atoms with Gasteiger partial charge in [-0.15, -0.1) is 11.3 Å². The van der Waals surface area contributed by atoms with Gasteiger partial charge in [0.2, 0.25) is 0 Å². The maximum Gasteiger partial charge on any atom is 0.343 e. The molecule has 9 nitrogen and oxygen atoms in total. The van der Waals surface area contributed by atoms with Gasteiger partial charge in [0.25, 0.3) is 0 Å². The predicted octanol–water partition coefficient (Wildman–Crippen LogP) is 4.77. The first-order chi connectivity index (χ1) is 18.3. The summed E-state index contributed by atoms with van der Waals surface area (Å²) in [6, 6.07) is 12.9. The monoisotopic (exact) mass is 553 g/mol. The Labute approximate surface area is 227 Å². The van der Waals surface area contributed by atoms with Crippen LogP contribution in [0.25, 0.3) is 0 Å². The Morgan fingerprint density at radius 3 is 2.39 bits per heavy atom. The fraction of sp³-hybridized carbons (Fsp3) is 0.222. The summed E-state index contributed by atoms with van der Waals surface area (Å²) < 4.78 is 10.2. The number of anilines is 1. The van der Waals surface area contributed by atoms with Crippen molar-refractivity contribution in [2.45, 2.75) is 32.6 Å². The molecule has 196 valence electrons. The lowest BCUT2D eigenvalue weighted by Crippen LogP contribution is -2.33. The number of methoxy groups -OCH3 is 1. The zero-order valence-electron chi connectivity index (χ0n) is 20.6. The van der Waals surface area contributed by atoms with E-state index in [1.165, 1.54) is 24.5 Å². The number of aryl methyl sites for hydroxylation is 1. The Kier molecular flexibility index (Phi) is 8.55. The van der Waals surface area contributed by atoms with E-state index >= 15 is 0 Å². The molecule has 0 aliphatic heterocycles. The molecule has 0 radical (unpaired) electrons. The van der Waals surface area contributed by atoms with E-state index in [1.54, 1.807) is 49.4 Å². The van der Waals surface area contributed by atoms with Crippen LogP contribution >= 0.6 is 22.9 Å². The first-order valence-electron chi connectivity index (χ1n) is 11.7. The van der Waals surface area contributed by atoms with Crippen molar-refractivity contribution in [3.8, 4) is 5.75 Å². The molecule has 1 heterocycles. The van der Waals surface area contributed by atoms with Gasteiger partial charge in [0, 0.05) is 9.90 Å². The lowest BCUT2D eigenvalue weighted by molar-refractivity contribution is -0.136. The quantitative estimate of drug-likeness (QED) is 0.149. The van der Waals surface area contributed by atoms with Crippen molar-refractivity contribution in [1.29, 1.82) is 0 Å². The number of nitrogens with zero attached hydrogens (tertiary/aromatic N) is 1. The van der Waals surface area contributed by atoms with Crippen LogP contribution in [0, 0.1) is 0 Å². The molecule has 11 heteroatoms. The molecule has 0 bridgehead atoms. The maximum atomic E-state index is 12.5. The van der Waals surface area contributed by atoms with Crippen molar-refractivity contribution < 1.29 is 28.7 Å². The summed E-state index contributed by atoms with van der Waals surface area (Å²) in [6.45, 7) is 1.65. The lowest BCUT2D eigenvalue weighted by Gasteiger charge is -2.11. The number of carbonyl (C=O) groups excluding carboxylic acids is 4. The Morgan fingerprint density at radius 2 is 1.68 bits per heavy atom. The van der Waals surface area contributed by atoms with Gasteiger partial charge in [-0.05, 0) is 86.2 Å². The van der Waals surface area contributed by atoms with Gasteiger partial charge in [-0.3, -0.25) is 9.59 Å². The number of nitrogens with one attached hydrogen (secondary N) is 2. The molecule has 0 unspecified atom stereocenters. The van der Waals surface area contributed by atoms with Crippen molar-refractivity contribution in [2.24, 2.45) is 5.10 Å². The predicted molar refractivity (Wildman–Crippen MR) is 144 cm³/mol. The molecule has 38 heavy (non-hydrogen) atoms. The third-order valence-electron chi connectivity index (χ3n) is 5.86. The summed E-state index contributed by atoms with van der Waals surface area (Å²) in [6.07, 6.45) is 3.48. The molecule has 1 aliphatic carbocycles. The largest absolute Gasteiger partial charge is 0.465 e. The summed E-state index contributed by atoms with van der Waals surface area (Å²) >= 11 is 7.20. The fourth-order valence-electron chi connectivity index (χ4n) is 3.93. The SMILES string of the molecule is COC(=O)c1c(NC(=O)C(=O)N/N=C(\C)c2ccc(OC(=O)c3cccc(Cl)c3)cc2)sc2c1CCCC2. The van der Waals surface area contributed by atoms with E-state index in [9.17, 15) is 19.2 Å². The second-order valence-corrected chi connectivity index (χ2v) is 9.96. The highest BCUT2D eigenvalue weighted by molar-refractivity contribution is 7.17. The number of hydrogen-bond donors (Lipinski definition) is 2. The molecule has 1 aliphatic rings. The minimum Gasteiger partial charge on any atom is -0.465 e. The summed E-state index contributed by atoms with van der Waals surface area (Å²) in [5, 5.41) is 7.24. The average molecular weight is 554 g/mol. The number of halogens is 1. The van der Waals surface area contributed by atoms with Crippen LogP contribution in [0.1, 0.15) is 56.5 Å². The highest BCUT2D eigenvalue weighted by Crippen LogP contribution is 2.38. The molecule has 1 aromatic heterocycles. The van der Waals surface area contributed by atoms with Crippen LogP contribution in [0.15, 0.2) is 53.6 Å². The number of ether oxygens (including phenoxy) is 2. The zero-order chi connectivity index (χ0) is 27.2. The number of rotatable bonds is 6. The van der Waals surface area contributed by atoms with E-state index in [0.717, 1.165) is 36.1 Å². The summed E-state index contributed by atoms with van der Waals surface area (Å²) in [5.74, 6) is -2.72. The van der Waals surface area contributed by atoms with Crippen molar-refractivity contribution in [3.63, 3.8) is 0 Å². The molecule has 2 amide bonds. The molecule has 3 aromatic rings. The number of thiophene rings is 1. The number of hydrazone groups is 1. The lowest BCUT2D eigenvalue weighted by atomic mass is 9.95. The smallest absolute Gasteiger partial charge is 0.343 e. The van der Waals surface area contributed by atoms with E-state index < -0.39 is 23.8 Å². The number of amides is 2. The molecule has 2 N–H and O–H groups in total. The molecule has 0 fully saturated rings. The number of fused-ring (bicyclic) bond motifs is 1. The highest BCUT2D eigenvalue weighted by atomic mass is 35.5. The Morgan fingerprint density at radius 1 is 0.947 bits per heavy atom. The second-order valence-electron chi connectivity index (χ2n) is 8.42. The molecule has 0 saturated carbocycles. The first-order valence-corrected chi connectivity index (χ1v) is 12.9. The second kappa shape index (κ2) is 12.0. The van der Waals surface area contributed by atoms with E-state index in [4.69, 9.17) is 21.1 Å².